The Morgan fingerprint density at radius 2 is 1.95 bits per heavy atom. The number of hydrogen-bond donors (Lipinski definition) is 2. The topological polar surface area (TPSA) is 78.9 Å². The van der Waals surface area contributed by atoms with Gasteiger partial charge in [0.1, 0.15) is 0 Å². The number of hydrogen-bond acceptors (Lipinski definition) is 4. The fourth-order valence-corrected chi connectivity index (χ4v) is 3.48. The third kappa shape index (κ3) is 3.35. The Hall–Kier alpha value is -0.910. The highest BCUT2D eigenvalue weighted by atomic mass is 32.2. The van der Waals surface area contributed by atoms with Crippen LogP contribution in [0.3, 0.4) is 0 Å². The first kappa shape index (κ1) is 16.1. The quantitative estimate of drug-likeness (QED) is 0.350. The van der Waals surface area contributed by atoms with Crippen LogP contribution < -0.4 is 5.73 Å². The van der Waals surface area contributed by atoms with Crippen LogP contribution in [0.4, 0.5) is 0 Å². The summed E-state index contributed by atoms with van der Waals surface area (Å²) in [5.41, 5.74) is 5.80. The number of likely N-dealkylation sites (tertiary alicyclic amines) is 1. The molecule has 1 heterocycles. The zero-order valence-corrected chi connectivity index (χ0v) is 12.9. The van der Waals surface area contributed by atoms with E-state index in [1.807, 2.05) is 11.2 Å². The Morgan fingerprint density at radius 1 is 1.42 bits per heavy atom. The number of piperidine rings is 1. The van der Waals surface area contributed by atoms with Gasteiger partial charge in [-0.2, -0.15) is 11.8 Å². The Balaban J connectivity index is 2.69. The van der Waals surface area contributed by atoms with E-state index in [-0.39, 0.29) is 22.4 Å². The maximum absolute atomic E-state index is 12.3. The number of nitrogens with two attached hydrogens (primary N) is 1. The fourth-order valence-electron chi connectivity index (χ4n) is 2.64. The first-order chi connectivity index (χ1) is 9.04. The molecular formula is C13H25N3O2S. The number of carbonyl (C=O) groups excluding carboxylic acids is 1. The summed E-state index contributed by atoms with van der Waals surface area (Å²) >= 11 is 1.61. The molecule has 1 fully saturated rings. The number of amidine groups is 1. The van der Waals surface area contributed by atoms with Crippen molar-refractivity contribution in [3.8, 4) is 0 Å². The molecule has 0 aromatic heterocycles. The summed E-state index contributed by atoms with van der Waals surface area (Å²) < 4.78 is -0.320. The second-order valence-electron chi connectivity index (χ2n) is 5.02. The molecule has 1 aliphatic heterocycles. The minimum absolute atomic E-state index is 0.130. The first-order valence-corrected chi connectivity index (χ1v) is 8.09. The van der Waals surface area contributed by atoms with Gasteiger partial charge in [-0.15, -0.1) is 0 Å². The molecule has 19 heavy (non-hydrogen) atoms. The summed E-state index contributed by atoms with van der Waals surface area (Å²) in [6.07, 6.45) is 5.24. The number of rotatable bonds is 5. The molecule has 0 aromatic rings. The van der Waals surface area contributed by atoms with Crippen LogP contribution in [0.15, 0.2) is 5.16 Å². The summed E-state index contributed by atoms with van der Waals surface area (Å²) in [5, 5.41) is 12.1. The largest absolute Gasteiger partial charge is 0.409 e. The van der Waals surface area contributed by atoms with Crippen LogP contribution >= 0.6 is 11.8 Å². The smallest absolute Gasteiger partial charge is 0.225 e. The monoisotopic (exact) mass is 287 g/mol. The Kier molecular flexibility index (Phi) is 5.97. The molecule has 0 bridgehead atoms. The van der Waals surface area contributed by atoms with Gasteiger partial charge in [0.05, 0.1) is 4.75 Å². The van der Waals surface area contributed by atoms with Crippen molar-refractivity contribution in [2.24, 2.45) is 16.8 Å². The third-order valence-corrected chi connectivity index (χ3v) is 5.58. The lowest BCUT2D eigenvalue weighted by molar-refractivity contribution is -0.136. The number of nitrogens with zero attached hydrogens (tertiary/aromatic N) is 2. The van der Waals surface area contributed by atoms with Gasteiger partial charge in [0.2, 0.25) is 5.91 Å². The van der Waals surface area contributed by atoms with Crippen LogP contribution in [-0.4, -0.2) is 45.9 Å². The molecule has 5 nitrogen and oxygen atoms in total. The van der Waals surface area contributed by atoms with Gasteiger partial charge < -0.3 is 15.8 Å². The van der Waals surface area contributed by atoms with Gasteiger partial charge in [-0.3, -0.25) is 4.79 Å². The molecule has 0 radical (unpaired) electrons. The van der Waals surface area contributed by atoms with Crippen molar-refractivity contribution in [3.05, 3.63) is 0 Å². The minimum Gasteiger partial charge on any atom is -0.409 e. The highest BCUT2D eigenvalue weighted by Crippen LogP contribution is 2.35. The van der Waals surface area contributed by atoms with Crippen molar-refractivity contribution in [2.75, 3.05) is 19.3 Å². The van der Waals surface area contributed by atoms with Crippen LogP contribution in [0, 0.1) is 5.92 Å². The fraction of sp³-hybridized carbons (Fsp3) is 0.846. The summed E-state index contributed by atoms with van der Waals surface area (Å²) in [6, 6.07) is 0. The van der Waals surface area contributed by atoms with E-state index >= 15 is 0 Å². The van der Waals surface area contributed by atoms with Gasteiger partial charge in [0.25, 0.3) is 0 Å². The van der Waals surface area contributed by atoms with Gasteiger partial charge in [-0.1, -0.05) is 19.0 Å². The van der Waals surface area contributed by atoms with Crippen molar-refractivity contribution in [1.82, 2.24) is 4.90 Å². The average Bonchev–Trinajstić information content (AvgIpc) is 2.47. The lowest BCUT2D eigenvalue weighted by Gasteiger charge is -2.40. The molecule has 0 unspecified atom stereocenters. The molecule has 1 saturated heterocycles. The van der Waals surface area contributed by atoms with Crippen LogP contribution in [-0.2, 0) is 4.79 Å². The van der Waals surface area contributed by atoms with Gasteiger partial charge in [0, 0.05) is 19.0 Å². The van der Waals surface area contributed by atoms with Crippen molar-refractivity contribution in [1.29, 1.82) is 0 Å². The van der Waals surface area contributed by atoms with E-state index < -0.39 is 0 Å². The van der Waals surface area contributed by atoms with E-state index in [0.29, 0.717) is 13.1 Å². The highest BCUT2D eigenvalue weighted by molar-refractivity contribution is 8.00. The summed E-state index contributed by atoms with van der Waals surface area (Å²) in [6.45, 7) is 5.48. The van der Waals surface area contributed by atoms with Gasteiger partial charge in [0.15, 0.2) is 5.84 Å². The Morgan fingerprint density at radius 3 is 2.32 bits per heavy atom. The van der Waals surface area contributed by atoms with Crippen LogP contribution in [0.2, 0.25) is 0 Å². The average molecular weight is 287 g/mol. The van der Waals surface area contributed by atoms with Crippen molar-refractivity contribution in [3.63, 3.8) is 0 Å². The molecule has 3 N–H and O–H groups in total. The molecule has 1 amide bonds. The first-order valence-electron chi connectivity index (χ1n) is 6.86. The second kappa shape index (κ2) is 7.03. The van der Waals surface area contributed by atoms with E-state index in [1.54, 1.807) is 11.8 Å². The van der Waals surface area contributed by atoms with Crippen molar-refractivity contribution >= 4 is 23.5 Å². The molecule has 0 atom stereocenters. The maximum Gasteiger partial charge on any atom is 0.225 e. The van der Waals surface area contributed by atoms with Crippen LogP contribution in [0.25, 0.3) is 0 Å². The normalized spacial score (nSPS) is 19.8. The lowest BCUT2D eigenvalue weighted by atomic mass is 9.92. The van der Waals surface area contributed by atoms with Crippen molar-refractivity contribution in [2.45, 2.75) is 44.3 Å². The molecule has 1 rings (SSSR count). The standard InChI is InChI=1S/C13H25N3O2S/c1-4-10(5-2)11(17)16-8-6-13(19-3,7-9-16)12(14)15-18/h10,18H,4-9H2,1-3H3,(H2,14,15). The predicted molar refractivity (Wildman–Crippen MR) is 79.5 cm³/mol. The summed E-state index contributed by atoms with van der Waals surface area (Å²) in [4.78, 5) is 14.2. The molecule has 6 heteroatoms. The van der Waals surface area contributed by atoms with E-state index in [4.69, 9.17) is 10.9 Å². The number of thioether (sulfide) groups is 1. The van der Waals surface area contributed by atoms with E-state index in [9.17, 15) is 4.79 Å². The van der Waals surface area contributed by atoms with E-state index in [2.05, 4.69) is 19.0 Å². The minimum atomic E-state index is -0.320. The molecule has 0 spiro atoms. The molecule has 0 aromatic carbocycles. The summed E-state index contributed by atoms with van der Waals surface area (Å²) in [5.74, 6) is 0.652. The van der Waals surface area contributed by atoms with E-state index in [1.165, 1.54) is 0 Å². The zero-order valence-electron chi connectivity index (χ0n) is 12.1. The maximum atomic E-state index is 12.3. The number of amides is 1. The van der Waals surface area contributed by atoms with Gasteiger partial charge in [-0.25, -0.2) is 0 Å². The van der Waals surface area contributed by atoms with Gasteiger partial charge in [-0.05, 0) is 31.9 Å². The van der Waals surface area contributed by atoms with Crippen LogP contribution in [0.1, 0.15) is 39.5 Å². The highest BCUT2D eigenvalue weighted by Gasteiger charge is 2.39. The molecule has 0 aliphatic carbocycles. The number of oxime groups is 1. The molecule has 1 aliphatic rings. The summed E-state index contributed by atoms with van der Waals surface area (Å²) in [7, 11) is 0. The lowest BCUT2D eigenvalue weighted by Crippen LogP contribution is -2.52. The zero-order chi connectivity index (χ0) is 14.5. The SMILES string of the molecule is CCC(CC)C(=O)N1CCC(SC)(C(N)=NO)CC1. The molecule has 110 valence electrons. The van der Waals surface area contributed by atoms with Gasteiger partial charge >= 0.3 is 0 Å². The third-order valence-electron chi connectivity index (χ3n) is 4.18. The Labute approximate surface area is 119 Å². The molecule has 0 saturated carbocycles. The van der Waals surface area contributed by atoms with E-state index in [0.717, 1.165) is 25.7 Å². The number of carbonyl (C=O) groups is 1. The predicted octanol–water partition coefficient (Wildman–Crippen LogP) is 1.89. The molecular weight excluding hydrogens is 262 g/mol. The second-order valence-corrected chi connectivity index (χ2v) is 6.21. The Bertz CT molecular complexity index is 335. The van der Waals surface area contributed by atoms with Crippen molar-refractivity contribution < 1.29 is 10.0 Å². The van der Waals surface area contributed by atoms with Crippen LogP contribution in [0.5, 0.6) is 0 Å².